The lowest BCUT2D eigenvalue weighted by atomic mass is 10.0. The summed E-state index contributed by atoms with van der Waals surface area (Å²) >= 11 is 6.30. The first-order valence-electron chi connectivity index (χ1n) is 11.6. The summed E-state index contributed by atoms with van der Waals surface area (Å²) < 4.78 is 5.52. The monoisotopic (exact) mass is 462 g/mol. The molecule has 5 nitrogen and oxygen atoms in total. The van der Waals surface area contributed by atoms with Crippen molar-refractivity contribution in [2.45, 2.75) is 32.7 Å². The van der Waals surface area contributed by atoms with Gasteiger partial charge in [0.1, 0.15) is 5.75 Å². The first-order valence-corrected chi connectivity index (χ1v) is 12.0. The highest BCUT2D eigenvalue weighted by Crippen LogP contribution is 2.36. The van der Waals surface area contributed by atoms with E-state index in [1.54, 1.807) is 7.11 Å². The molecular weight excluding hydrogens is 432 g/mol. The summed E-state index contributed by atoms with van der Waals surface area (Å²) in [6.45, 7) is 7.63. The van der Waals surface area contributed by atoms with E-state index in [1.165, 1.54) is 0 Å². The quantitative estimate of drug-likeness (QED) is 0.265. The van der Waals surface area contributed by atoms with Gasteiger partial charge >= 0.3 is 0 Å². The number of pyridine rings is 2. The van der Waals surface area contributed by atoms with E-state index < -0.39 is 0 Å². The maximum Gasteiger partial charge on any atom is 0.119 e. The van der Waals surface area contributed by atoms with Crippen LogP contribution >= 0.6 is 11.6 Å². The van der Waals surface area contributed by atoms with Gasteiger partial charge in [-0.3, -0.25) is 4.98 Å². The molecule has 0 saturated carbocycles. The Morgan fingerprint density at radius 1 is 1.00 bits per heavy atom. The normalized spacial score (nSPS) is 12.4. The number of benzene rings is 2. The molecule has 2 heterocycles. The fourth-order valence-electron chi connectivity index (χ4n) is 4.29. The Morgan fingerprint density at radius 2 is 1.85 bits per heavy atom. The number of hydrogen-bond acceptors (Lipinski definition) is 5. The summed E-state index contributed by atoms with van der Waals surface area (Å²) in [5.74, 6) is 0.802. The van der Waals surface area contributed by atoms with Crippen molar-refractivity contribution in [3.8, 4) is 5.75 Å². The predicted molar refractivity (Wildman–Crippen MR) is 138 cm³/mol. The van der Waals surface area contributed by atoms with Crippen LogP contribution in [0.4, 0.5) is 5.69 Å². The molecule has 0 saturated heterocycles. The van der Waals surface area contributed by atoms with Gasteiger partial charge in [-0.2, -0.15) is 0 Å². The van der Waals surface area contributed by atoms with E-state index in [0.29, 0.717) is 5.02 Å². The first-order chi connectivity index (χ1) is 16.1. The molecule has 6 heteroatoms. The van der Waals surface area contributed by atoms with Gasteiger partial charge in [-0.25, -0.2) is 4.98 Å². The maximum absolute atomic E-state index is 6.30. The van der Waals surface area contributed by atoms with Gasteiger partial charge in [0.15, 0.2) is 0 Å². The van der Waals surface area contributed by atoms with Crippen LogP contribution in [0.3, 0.4) is 0 Å². The van der Waals surface area contributed by atoms with Crippen LogP contribution in [0.5, 0.6) is 5.75 Å². The smallest absolute Gasteiger partial charge is 0.119 e. The van der Waals surface area contributed by atoms with Gasteiger partial charge in [0, 0.05) is 22.0 Å². The van der Waals surface area contributed by atoms with Crippen molar-refractivity contribution in [1.82, 2.24) is 14.9 Å². The Bertz CT molecular complexity index is 1210. The highest BCUT2D eigenvalue weighted by molar-refractivity contribution is 6.31. The fraction of sp³-hybridized carbons (Fsp3) is 0.333. The summed E-state index contributed by atoms with van der Waals surface area (Å²) in [4.78, 5) is 12.0. The van der Waals surface area contributed by atoms with Crippen LogP contribution in [0.2, 0.25) is 5.02 Å². The molecule has 4 aromatic rings. The van der Waals surface area contributed by atoms with Crippen molar-refractivity contribution >= 4 is 39.1 Å². The number of nitrogens with one attached hydrogen (secondary N) is 1. The third-order valence-corrected chi connectivity index (χ3v) is 6.40. The Morgan fingerprint density at radius 3 is 2.58 bits per heavy atom. The molecule has 0 bridgehead atoms. The van der Waals surface area contributed by atoms with Crippen LogP contribution in [0.1, 0.15) is 38.4 Å². The zero-order valence-electron chi connectivity index (χ0n) is 19.5. The highest BCUT2D eigenvalue weighted by Gasteiger charge is 2.18. The average Bonchev–Trinajstić information content (AvgIpc) is 2.85. The highest BCUT2D eigenvalue weighted by atomic mass is 35.5. The molecule has 1 unspecified atom stereocenters. The van der Waals surface area contributed by atoms with Crippen LogP contribution in [0, 0.1) is 0 Å². The van der Waals surface area contributed by atoms with E-state index in [4.69, 9.17) is 21.3 Å². The summed E-state index contributed by atoms with van der Waals surface area (Å²) in [6, 6.07) is 18.0. The van der Waals surface area contributed by atoms with Crippen molar-refractivity contribution in [1.29, 1.82) is 0 Å². The number of anilines is 1. The molecule has 0 fully saturated rings. The van der Waals surface area contributed by atoms with E-state index in [2.05, 4.69) is 35.1 Å². The minimum atomic E-state index is 0.0671. The van der Waals surface area contributed by atoms with Crippen molar-refractivity contribution in [2.75, 3.05) is 32.1 Å². The summed E-state index contributed by atoms with van der Waals surface area (Å²) in [7, 11) is 1.69. The molecule has 0 radical (unpaired) electrons. The van der Waals surface area contributed by atoms with Gasteiger partial charge < -0.3 is 15.0 Å². The lowest BCUT2D eigenvalue weighted by Crippen LogP contribution is -2.25. The predicted octanol–water partition coefficient (Wildman–Crippen LogP) is 6.72. The minimum absolute atomic E-state index is 0.0671. The van der Waals surface area contributed by atoms with Crippen LogP contribution in [-0.4, -0.2) is 41.6 Å². The molecule has 0 aliphatic carbocycles. The Balaban J connectivity index is 1.77. The fourth-order valence-corrected chi connectivity index (χ4v) is 4.45. The number of nitrogens with zero attached hydrogens (tertiary/aromatic N) is 3. The molecule has 4 rings (SSSR count). The largest absolute Gasteiger partial charge is 0.497 e. The van der Waals surface area contributed by atoms with Crippen molar-refractivity contribution in [2.24, 2.45) is 0 Å². The zero-order chi connectivity index (χ0) is 23.2. The lowest BCUT2D eigenvalue weighted by molar-refractivity contribution is 0.294. The summed E-state index contributed by atoms with van der Waals surface area (Å²) in [5.41, 5.74) is 3.83. The molecule has 0 amide bonds. The number of aromatic nitrogens is 2. The van der Waals surface area contributed by atoms with Gasteiger partial charge in [0.05, 0.1) is 35.6 Å². The third-order valence-electron chi connectivity index (χ3n) is 6.17. The van der Waals surface area contributed by atoms with E-state index in [-0.39, 0.29) is 6.04 Å². The van der Waals surface area contributed by atoms with Gasteiger partial charge in [-0.1, -0.05) is 31.5 Å². The van der Waals surface area contributed by atoms with Crippen LogP contribution in [-0.2, 0) is 0 Å². The van der Waals surface area contributed by atoms with E-state index >= 15 is 0 Å². The maximum atomic E-state index is 6.30. The molecule has 0 spiro atoms. The second kappa shape index (κ2) is 10.8. The minimum Gasteiger partial charge on any atom is -0.497 e. The molecule has 1 N–H and O–H groups in total. The number of rotatable bonds is 10. The van der Waals surface area contributed by atoms with Crippen molar-refractivity contribution < 1.29 is 4.74 Å². The standard InChI is InChI=1S/C27H31ClN4O/c1-4-32(5-2)16-8-10-25(24-9-6-7-15-29-24)31-27-21-13-11-19(28)17-26(21)30-23-14-12-20(33-3)18-22(23)27/h6-7,9,11-15,17-18,25H,4-5,8,10,16H2,1-3H3,(H,30,31). The van der Waals surface area contributed by atoms with Gasteiger partial charge in [0.2, 0.25) is 0 Å². The van der Waals surface area contributed by atoms with Gasteiger partial charge in [-0.15, -0.1) is 0 Å². The van der Waals surface area contributed by atoms with Crippen molar-refractivity contribution in [3.05, 3.63) is 71.5 Å². The molecule has 172 valence electrons. The van der Waals surface area contributed by atoms with E-state index in [0.717, 1.165) is 71.4 Å². The third kappa shape index (κ3) is 5.37. The molecule has 2 aromatic heterocycles. The second-order valence-electron chi connectivity index (χ2n) is 8.15. The first kappa shape index (κ1) is 23.3. The lowest BCUT2D eigenvalue weighted by Gasteiger charge is -2.24. The number of hydrogen-bond donors (Lipinski definition) is 1. The molecule has 33 heavy (non-hydrogen) atoms. The molecule has 1 atom stereocenters. The molecule has 0 aliphatic heterocycles. The average molecular weight is 463 g/mol. The molecular formula is C27H31ClN4O. The number of ether oxygens (including phenoxy) is 1. The van der Waals surface area contributed by atoms with Crippen LogP contribution in [0.15, 0.2) is 60.8 Å². The Hall–Kier alpha value is -2.89. The van der Waals surface area contributed by atoms with E-state index in [9.17, 15) is 0 Å². The number of methoxy groups -OCH3 is 1. The summed E-state index contributed by atoms with van der Waals surface area (Å²) in [5, 5.41) is 6.57. The second-order valence-corrected chi connectivity index (χ2v) is 8.59. The SMILES string of the molecule is CCN(CC)CCCC(Nc1c2ccc(Cl)cc2nc2ccc(OC)cc12)c1ccccn1. The van der Waals surface area contributed by atoms with Crippen LogP contribution < -0.4 is 10.1 Å². The Kier molecular flexibility index (Phi) is 7.63. The number of fused-ring (bicyclic) bond motifs is 2. The van der Waals surface area contributed by atoms with Gasteiger partial charge in [-0.05, 0) is 81.0 Å². The summed E-state index contributed by atoms with van der Waals surface area (Å²) in [6.07, 6.45) is 3.91. The molecule has 2 aromatic carbocycles. The van der Waals surface area contributed by atoms with Crippen LogP contribution in [0.25, 0.3) is 21.8 Å². The topological polar surface area (TPSA) is 50.3 Å². The Labute approximate surface area is 200 Å². The zero-order valence-corrected chi connectivity index (χ0v) is 20.3. The number of halogens is 1. The molecule has 0 aliphatic rings. The van der Waals surface area contributed by atoms with Gasteiger partial charge in [0.25, 0.3) is 0 Å². The van der Waals surface area contributed by atoms with Crippen molar-refractivity contribution in [3.63, 3.8) is 0 Å². The van der Waals surface area contributed by atoms with E-state index in [1.807, 2.05) is 54.7 Å².